The molecule has 5 heteroatoms. The highest BCUT2D eigenvalue weighted by Gasteiger charge is 2.25. The second-order valence-corrected chi connectivity index (χ2v) is 6.40. The second kappa shape index (κ2) is 5.51. The Morgan fingerprint density at radius 1 is 1.11 bits per heavy atom. The minimum absolute atomic E-state index is 0.225. The zero-order chi connectivity index (χ0) is 13.0. The Kier molecular flexibility index (Phi) is 4.00. The Labute approximate surface area is 108 Å². The molecule has 2 rings (SSSR count). The van der Waals surface area contributed by atoms with Gasteiger partial charge in [0.05, 0.1) is 16.5 Å². The molecular formula is C13H16N2O2S. The van der Waals surface area contributed by atoms with E-state index in [4.69, 9.17) is 5.26 Å². The summed E-state index contributed by atoms with van der Waals surface area (Å²) in [6, 6.07) is 8.20. The molecule has 1 aromatic rings. The van der Waals surface area contributed by atoms with Crippen LogP contribution in [0.15, 0.2) is 29.2 Å². The van der Waals surface area contributed by atoms with Crippen molar-refractivity contribution in [3.05, 3.63) is 29.8 Å². The van der Waals surface area contributed by atoms with E-state index in [2.05, 4.69) is 0 Å². The summed E-state index contributed by atoms with van der Waals surface area (Å²) in [7, 11) is -3.44. The molecule has 1 aliphatic rings. The maximum Gasteiger partial charge on any atom is 0.243 e. The molecule has 0 unspecified atom stereocenters. The molecule has 1 heterocycles. The largest absolute Gasteiger partial charge is 0.243 e. The van der Waals surface area contributed by atoms with E-state index in [1.165, 1.54) is 10.4 Å². The third kappa shape index (κ3) is 2.71. The first-order valence-electron chi connectivity index (χ1n) is 6.15. The SMILES string of the molecule is N#Cc1cccc(S(=O)(=O)N2CCCCCC2)c1. The fourth-order valence-electron chi connectivity index (χ4n) is 2.16. The van der Waals surface area contributed by atoms with Crippen molar-refractivity contribution in [3.63, 3.8) is 0 Å². The van der Waals surface area contributed by atoms with E-state index in [9.17, 15) is 8.42 Å². The molecule has 1 aliphatic heterocycles. The average molecular weight is 264 g/mol. The summed E-state index contributed by atoms with van der Waals surface area (Å²) >= 11 is 0. The Hall–Kier alpha value is -1.38. The summed E-state index contributed by atoms with van der Waals surface area (Å²) in [5.41, 5.74) is 0.380. The normalized spacial score (nSPS) is 17.9. The Morgan fingerprint density at radius 3 is 2.39 bits per heavy atom. The molecule has 1 fully saturated rings. The lowest BCUT2D eigenvalue weighted by Gasteiger charge is -2.19. The monoisotopic (exact) mass is 264 g/mol. The zero-order valence-corrected chi connectivity index (χ0v) is 11.0. The van der Waals surface area contributed by atoms with Gasteiger partial charge in [0.2, 0.25) is 10.0 Å². The molecule has 96 valence electrons. The van der Waals surface area contributed by atoms with Crippen LogP contribution in [0.5, 0.6) is 0 Å². The third-order valence-electron chi connectivity index (χ3n) is 3.17. The van der Waals surface area contributed by atoms with Gasteiger partial charge in [0.15, 0.2) is 0 Å². The van der Waals surface area contributed by atoms with Crippen LogP contribution in [0.25, 0.3) is 0 Å². The molecule has 4 nitrogen and oxygen atoms in total. The summed E-state index contributed by atoms with van der Waals surface area (Å²) in [4.78, 5) is 0.225. The summed E-state index contributed by atoms with van der Waals surface area (Å²) < 4.78 is 26.4. The van der Waals surface area contributed by atoms with E-state index in [0.29, 0.717) is 18.7 Å². The number of benzene rings is 1. The van der Waals surface area contributed by atoms with Crippen LogP contribution in [-0.2, 0) is 10.0 Å². The van der Waals surface area contributed by atoms with Gasteiger partial charge in [-0.2, -0.15) is 9.57 Å². The van der Waals surface area contributed by atoms with Crippen molar-refractivity contribution in [2.45, 2.75) is 30.6 Å². The van der Waals surface area contributed by atoms with Crippen molar-refractivity contribution >= 4 is 10.0 Å². The molecule has 1 saturated heterocycles. The lowest BCUT2D eigenvalue weighted by atomic mass is 10.2. The minimum atomic E-state index is -3.44. The van der Waals surface area contributed by atoms with Crippen LogP contribution in [0, 0.1) is 11.3 Å². The first kappa shape index (κ1) is 13.1. The minimum Gasteiger partial charge on any atom is -0.207 e. The summed E-state index contributed by atoms with van der Waals surface area (Å²) in [6.07, 6.45) is 4.00. The maximum atomic E-state index is 12.4. The number of hydrogen-bond acceptors (Lipinski definition) is 3. The molecule has 1 aromatic carbocycles. The lowest BCUT2D eigenvalue weighted by Crippen LogP contribution is -2.31. The second-order valence-electron chi connectivity index (χ2n) is 4.46. The molecule has 0 bridgehead atoms. The lowest BCUT2D eigenvalue weighted by molar-refractivity contribution is 0.423. The molecular weight excluding hydrogens is 248 g/mol. The van der Waals surface area contributed by atoms with Crippen molar-refractivity contribution in [2.75, 3.05) is 13.1 Å². The third-order valence-corrected chi connectivity index (χ3v) is 5.06. The van der Waals surface area contributed by atoms with Gasteiger partial charge in [0, 0.05) is 13.1 Å². The molecule has 0 aromatic heterocycles. The van der Waals surface area contributed by atoms with Crippen LogP contribution >= 0.6 is 0 Å². The average Bonchev–Trinajstić information content (AvgIpc) is 2.68. The van der Waals surface area contributed by atoms with Crippen molar-refractivity contribution in [2.24, 2.45) is 0 Å². The number of nitrogens with zero attached hydrogens (tertiary/aromatic N) is 2. The summed E-state index contributed by atoms with van der Waals surface area (Å²) in [5.74, 6) is 0. The van der Waals surface area contributed by atoms with Gasteiger partial charge in [0.1, 0.15) is 0 Å². The van der Waals surface area contributed by atoms with Gasteiger partial charge in [-0.1, -0.05) is 18.9 Å². The van der Waals surface area contributed by atoms with Crippen LogP contribution in [-0.4, -0.2) is 25.8 Å². The van der Waals surface area contributed by atoms with E-state index in [0.717, 1.165) is 25.7 Å². The molecule has 0 spiro atoms. The van der Waals surface area contributed by atoms with Gasteiger partial charge >= 0.3 is 0 Å². The van der Waals surface area contributed by atoms with Crippen molar-refractivity contribution in [1.29, 1.82) is 5.26 Å². The number of sulfonamides is 1. The van der Waals surface area contributed by atoms with Gasteiger partial charge < -0.3 is 0 Å². The molecule has 0 atom stereocenters. The number of rotatable bonds is 2. The predicted molar refractivity (Wildman–Crippen MR) is 68.4 cm³/mol. The summed E-state index contributed by atoms with van der Waals surface area (Å²) in [5, 5.41) is 8.82. The van der Waals surface area contributed by atoms with Crippen LogP contribution < -0.4 is 0 Å². The van der Waals surface area contributed by atoms with E-state index >= 15 is 0 Å². The highest BCUT2D eigenvalue weighted by molar-refractivity contribution is 7.89. The van der Waals surface area contributed by atoms with E-state index in [1.807, 2.05) is 6.07 Å². The molecule has 0 radical (unpaired) electrons. The van der Waals surface area contributed by atoms with Gasteiger partial charge in [0.25, 0.3) is 0 Å². The zero-order valence-electron chi connectivity index (χ0n) is 10.2. The summed E-state index contributed by atoms with van der Waals surface area (Å²) in [6.45, 7) is 1.16. The first-order valence-corrected chi connectivity index (χ1v) is 7.59. The van der Waals surface area contributed by atoms with Crippen LogP contribution in [0.3, 0.4) is 0 Å². The predicted octanol–water partition coefficient (Wildman–Crippen LogP) is 2.12. The topological polar surface area (TPSA) is 61.2 Å². The van der Waals surface area contributed by atoms with Crippen molar-refractivity contribution in [3.8, 4) is 6.07 Å². The van der Waals surface area contributed by atoms with Crippen LogP contribution in [0.2, 0.25) is 0 Å². The highest BCUT2D eigenvalue weighted by atomic mass is 32.2. The van der Waals surface area contributed by atoms with Crippen LogP contribution in [0.1, 0.15) is 31.2 Å². The van der Waals surface area contributed by atoms with Crippen molar-refractivity contribution in [1.82, 2.24) is 4.31 Å². The Morgan fingerprint density at radius 2 is 1.78 bits per heavy atom. The quantitative estimate of drug-likeness (QED) is 0.822. The Balaban J connectivity index is 2.31. The molecule has 0 aliphatic carbocycles. The Bertz CT molecular complexity index is 553. The van der Waals surface area contributed by atoms with Crippen LogP contribution in [0.4, 0.5) is 0 Å². The highest BCUT2D eigenvalue weighted by Crippen LogP contribution is 2.20. The fourth-order valence-corrected chi connectivity index (χ4v) is 3.72. The van der Waals surface area contributed by atoms with E-state index in [-0.39, 0.29) is 4.90 Å². The van der Waals surface area contributed by atoms with E-state index in [1.54, 1.807) is 18.2 Å². The molecule has 0 amide bonds. The fraction of sp³-hybridized carbons (Fsp3) is 0.462. The molecule has 18 heavy (non-hydrogen) atoms. The van der Waals surface area contributed by atoms with Gasteiger partial charge in [-0.05, 0) is 31.0 Å². The first-order chi connectivity index (χ1) is 8.64. The van der Waals surface area contributed by atoms with Gasteiger partial charge in [-0.15, -0.1) is 0 Å². The van der Waals surface area contributed by atoms with Gasteiger partial charge in [-0.25, -0.2) is 8.42 Å². The smallest absolute Gasteiger partial charge is 0.207 e. The molecule has 0 saturated carbocycles. The number of hydrogen-bond donors (Lipinski definition) is 0. The standard InChI is InChI=1S/C13H16N2O2S/c14-11-12-6-5-7-13(10-12)18(16,17)15-8-3-1-2-4-9-15/h5-7,10H,1-4,8-9H2. The molecule has 0 N–H and O–H groups in total. The van der Waals surface area contributed by atoms with Crippen molar-refractivity contribution < 1.29 is 8.42 Å². The maximum absolute atomic E-state index is 12.4. The van der Waals surface area contributed by atoms with E-state index < -0.39 is 10.0 Å². The number of nitriles is 1. The van der Waals surface area contributed by atoms with Gasteiger partial charge in [-0.3, -0.25) is 0 Å².